The van der Waals surface area contributed by atoms with Crippen LogP contribution in [0.2, 0.25) is 0 Å². The minimum atomic E-state index is -1.28. The molecule has 3 N–H and O–H groups in total. The van der Waals surface area contributed by atoms with E-state index < -0.39 is 11.3 Å². The Kier molecular flexibility index (Phi) is 6.07. The number of rotatable bonds is 7. The zero-order chi connectivity index (χ0) is 23.4. The number of hydrogen-bond donors (Lipinski definition) is 3. The number of carbonyl (C=O) groups is 2. The number of nitrogens with zero attached hydrogens (tertiary/aromatic N) is 4. The maximum atomic E-state index is 12.8. The van der Waals surface area contributed by atoms with E-state index in [9.17, 15) is 9.59 Å². The molecule has 3 heterocycles. The first kappa shape index (κ1) is 22.0. The molecular weight excluding hydrogens is 422 g/mol. The van der Waals surface area contributed by atoms with E-state index in [4.69, 9.17) is 4.74 Å². The van der Waals surface area contributed by atoms with Crippen LogP contribution in [0.25, 0.3) is 5.65 Å². The molecule has 1 aliphatic carbocycles. The summed E-state index contributed by atoms with van der Waals surface area (Å²) in [6.07, 6.45) is 10.8. The van der Waals surface area contributed by atoms with Gasteiger partial charge in [0.25, 0.3) is 0 Å². The molecule has 0 fully saturated rings. The molecule has 0 spiro atoms. The Bertz CT molecular complexity index is 1240. The number of pyridine rings is 1. The highest BCUT2D eigenvalue weighted by atomic mass is 16.5. The molecule has 10 heteroatoms. The van der Waals surface area contributed by atoms with Gasteiger partial charge in [0, 0.05) is 24.9 Å². The van der Waals surface area contributed by atoms with Gasteiger partial charge in [0.1, 0.15) is 11.2 Å². The molecule has 1 aliphatic rings. The van der Waals surface area contributed by atoms with Crippen LogP contribution in [0.3, 0.4) is 0 Å². The van der Waals surface area contributed by atoms with Gasteiger partial charge < -0.3 is 20.7 Å². The second kappa shape index (κ2) is 9.11. The van der Waals surface area contributed by atoms with E-state index in [1.54, 1.807) is 55.9 Å². The second-order valence-electron chi connectivity index (χ2n) is 8.01. The Hall–Kier alpha value is -4.21. The Labute approximate surface area is 190 Å². The standard InChI is InChI=1S/C23H25N7O3/c1-23(2,21(31)26-15-7-5-4-6-8-15)22(32)27-16-9-11-19(25-13-16)33-20-12-10-18-28-17(24-3)14-30(18)29-20/h5,7-14,24H,4,6H2,1-3H3,(H,26,31)(H,27,32). The molecule has 3 aromatic rings. The minimum Gasteiger partial charge on any atom is -0.419 e. The van der Waals surface area contributed by atoms with Crippen LogP contribution in [0.4, 0.5) is 11.5 Å². The van der Waals surface area contributed by atoms with Crippen molar-refractivity contribution in [3.63, 3.8) is 0 Å². The molecule has 3 aromatic heterocycles. The first-order valence-corrected chi connectivity index (χ1v) is 10.5. The van der Waals surface area contributed by atoms with Crippen molar-refractivity contribution in [1.82, 2.24) is 24.9 Å². The van der Waals surface area contributed by atoms with E-state index in [1.807, 2.05) is 18.2 Å². The average molecular weight is 447 g/mol. The molecule has 0 radical (unpaired) electrons. The largest absolute Gasteiger partial charge is 0.419 e. The third-order valence-electron chi connectivity index (χ3n) is 5.14. The van der Waals surface area contributed by atoms with Gasteiger partial charge in [0.2, 0.25) is 23.6 Å². The fraction of sp³-hybridized carbons (Fsp3) is 0.261. The summed E-state index contributed by atoms with van der Waals surface area (Å²) in [5.41, 5.74) is 0.555. The summed E-state index contributed by atoms with van der Waals surface area (Å²) in [4.78, 5) is 33.9. The zero-order valence-corrected chi connectivity index (χ0v) is 18.6. The van der Waals surface area contributed by atoms with E-state index in [0.29, 0.717) is 34.6 Å². The van der Waals surface area contributed by atoms with E-state index in [-0.39, 0.29) is 5.91 Å². The minimum absolute atomic E-state index is 0.307. The van der Waals surface area contributed by atoms with Crippen LogP contribution < -0.4 is 20.7 Å². The summed E-state index contributed by atoms with van der Waals surface area (Å²) >= 11 is 0. The van der Waals surface area contributed by atoms with E-state index in [2.05, 4.69) is 31.0 Å². The summed E-state index contributed by atoms with van der Waals surface area (Å²) in [5.74, 6) is 0.524. The smallest absolute Gasteiger partial charge is 0.239 e. The third-order valence-corrected chi connectivity index (χ3v) is 5.14. The number of hydrogen-bond acceptors (Lipinski definition) is 7. The fourth-order valence-electron chi connectivity index (χ4n) is 3.05. The molecule has 10 nitrogen and oxygen atoms in total. The lowest BCUT2D eigenvalue weighted by molar-refractivity contribution is -0.137. The summed E-state index contributed by atoms with van der Waals surface area (Å²) in [6.45, 7) is 3.15. The monoisotopic (exact) mass is 447 g/mol. The normalized spacial score (nSPS) is 13.4. The third kappa shape index (κ3) is 5.00. The van der Waals surface area contributed by atoms with Gasteiger partial charge in [-0.1, -0.05) is 12.2 Å². The van der Waals surface area contributed by atoms with Crippen molar-refractivity contribution in [3.05, 3.63) is 60.6 Å². The number of amides is 2. The van der Waals surface area contributed by atoms with Crippen molar-refractivity contribution in [2.75, 3.05) is 17.7 Å². The van der Waals surface area contributed by atoms with E-state index >= 15 is 0 Å². The highest BCUT2D eigenvalue weighted by Crippen LogP contribution is 2.23. The number of anilines is 2. The molecule has 0 saturated carbocycles. The van der Waals surface area contributed by atoms with Crippen LogP contribution in [0.1, 0.15) is 26.7 Å². The summed E-state index contributed by atoms with van der Waals surface area (Å²) < 4.78 is 7.30. The molecule has 0 aliphatic heterocycles. The summed E-state index contributed by atoms with van der Waals surface area (Å²) in [6, 6.07) is 6.73. The summed E-state index contributed by atoms with van der Waals surface area (Å²) in [7, 11) is 1.78. The van der Waals surface area contributed by atoms with Crippen LogP contribution in [-0.4, -0.2) is 38.4 Å². The Morgan fingerprint density at radius 2 is 1.85 bits per heavy atom. The maximum absolute atomic E-state index is 12.8. The number of fused-ring (bicyclic) bond motifs is 1. The van der Waals surface area contributed by atoms with Crippen LogP contribution in [0.15, 0.2) is 60.6 Å². The predicted molar refractivity (Wildman–Crippen MR) is 124 cm³/mol. The number of allylic oxidation sites excluding steroid dienone is 3. The highest BCUT2D eigenvalue weighted by Gasteiger charge is 2.36. The van der Waals surface area contributed by atoms with Crippen molar-refractivity contribution in [2.24, 2.45) is 5.41 Å². The molecule has 0 saturated heterocycles. The van der Waals surface area contributed by atoms with Crippen molar-refractivity contribution in [1.29, 1.82) is 0 Å². The molecule has 4 rings (SSSR count). The Balaban J connectivity index is 1.38. The molecule has 33 heavy (non-hydrogen) atoms. The predicted octanol–water partition coefficient (Wildman–Crippen LogP) is 3.27. The average Bonchev–Trinajstić information content (AvgIpc) is 3.23. The van der Waals surface area contributed by atoms with Crippen molar-refractivity contribution < 1.29 is 14.3 Å². The van der Waals surface area contributed by atoms with Gasteiger partial charge in [-0.25, -0.2) is 14.5 Å². The van der Waals surface area contributed by atoms with Gasteiger partial charge in [0.15, 0.2) is 5.65 Å². The Morgan fingerprint density at radius 3 is 2.55 bits per heavy atom. The van der Waals surface area contributed by atoms with E-state index in [1.165, 1.54) is 6.20 Å². The SMILES string of the molecule is CNc1cn2nc(Oc3ccc(NC(=O)C(C)(C)C(=O)NC4=CCCC=C4)cn3)ccc2n1. The second-order valence-corrected chi connectivity index (χ2v) is 8.01. The van der Waals surface area contributed by atoms with Crippen LogP contribution in [0, 0.1) is 5.41 Å². The molecule has 170 valence electrons. The molecule has 0 aromatic carbocycles. The van der Waals surface area contributed by atoms with Crippen LogP contribution in [-0.2, 0) is 9.59 Å². The number of imidazole rings is 1. The lowest BCUT2D eigenvalue weighted by Crippen LogP contribution is -2.44. The highest BCUT2D eigenvalue weighted by molar-refractivity contribution is 6.10. The molecule has 0 atom stereocenters. The van der Waals surface area contributed by atoms with Gasteiger partial charge in [-0.05, 0) is 44.9 Å². The molecule has 0 unspecified atom stereocenters. The number of aromatic nitrogens is 4. The van der Waals surface area contributed by atoms with Gasteiger partial charge in [0.05, 0.1) is 18.1 Å². The van der Waals surface area contributed by atoms with Gasteiger partial charge >= 0.3 is 0 Å². The first-order valence-electron chi connectivity index (χ1n) is 10.5. The first-order chi connectivity index (χ1) is 15.8. The quantitative estimate of drug-likeness (QED) is 0.475. The number of nitrogens with one attached hydrogen (secondary N) is 3. The van der Waals surface area contributed by atoms with Crippen molar-refractivity contribution in [2.45, 2.75) is 26.7 Å². The van der Waals surface area contributed by atoms with Gasteiger partial charge in [-0.2, -0.15) is 0 Å². The van der Waals surface area contributed by atoms with Crippen LogP contribution >= 0.6 is 0 Å². The Morgan fingerprint density at radius 1 is 1.06 bits per heavy atom. The molecule has 2 amide bonds. The lowest BCUT2D eigenvalue weighted by atomic mass is 9.90. The van der Waals surface area contributed by atoms with Gasteiger partial charge in [-0.15, -0.1) is 5.10 Å². The van der Waals surface area contributed by atoms with Crippen LogP contribution in [0.5, 0.6) is 11.8 Å². The van der Waals surface area contributed by atoms with Crippen molar-refractivity contribution >= 4 is 29.0 Å². The van der Waals surface area contributed by atoms with Crippen molar-refractivity contribution in [3.8, 4) is 11.8 Å². The maximum Gasteiger partial charge on any atom is 0.239 e. The topological polar surface area (TPSA) is 123 Å². The number of carbonyl (C=O) groups excluding carboxylic acids is 2. The number of ether oxygens (including phenoxy) is 1. The molecular formula is C23H25N7O3. The lowest BCUT2D eigenvalue weighted by Gasteiger charge is -2.23. The zero-order valence-electron chi connectivity index (χ0n) is 18.6. The van der Waals surface area contributed by atoms with Gasteiger partial charge in [-0.3, -0.25) is 9.59 Å². The fourth-order valence-corrected chi connectivity index (χ4v) is 3.05. The summed E-state index contributed by atoms with van der Waals surface area (Å²) in [5, 5.41) is 12.8. The molecule has 0 bridgehead atoms. The van der Waals surface area contributed by atoms with E-state index in [0.717, 1.165) is 12.8 Å².